The van der Waals surface area contributed by atoms with E-state index >= 15 is 0 Å². The highest BCUT2D eigenvalue weighted by Gasteiger charge is 2.26. The van der Waals surface area contributed by atoms with Gasteiger partial charge >= 0.3 is 0 Å². The van der Waals surface area contributed by atoms with Gasteiger partial charge in [-0.15, -0.1) is 0 Å². The highest BCUT2D eigenvalue weighted by molar-refractivity contribution is 7.71. The monoisotopic (exact) mass is 292 g/mol. The Labute approximate surface area is 128 Å². The fourth-order valence-corrected chi connectivity index (χ4v) is 3.01. The number of nitrogens with zero attached hydrogens (tertiary/aromatic N) is 1. The first kappa shape index (κ1) is 12.7. The Bertz CT molecular complexity index is 886. The molecule has 4 rings (SSSR count). The zero-order valence-corrected chi connectivity index (χ0v) is 12.7. The molecule has 0 bridgehead atoms. The standard InChI is InChI=1S/C18H16N2S/c1-11-16(19-17(13-9-10-13)20-18(11)21)15-8-4-6-12-5-2-3-7-14(12)15/h2-8,13H,9-10H2,1H3,(H,19,20,21). The lowest BCUT2D eigenvalue weighted by atomic mass is 10.00. The van der Waals surface area contributed by atoms with E-state index in [0.29, 0.717) is 5.92 Å². The highest BCUT2D eigenvalue weighted by atomic mass is 32.1. The summed E-state index contributed by atoms with van der Waals surface area (Å²) in [5.74, 6) is 1.62. The maximum absolute atomic E-state index is 5.47. The Kier molecular flexibility index (Phi) is 2.89. The van der Waals surface area contributed by atoms with Gasteiger partial charge in [-0.05, 0) is 30.5 Å². The quantitative estimate of drug-likeness (QED) is 0.662. The molecule has 21 heavy (non-hydrogen) atoms. The first-order valence-electron chi connectivity index (χ1n) is 7.33. The predicted octanol–water partition coefficient (Wildman–Crippen LogP) is 5.15. The molecular weight excluding hydrogens is 276 g/mol. The number of benzene rings is 2. The minimum atomic E-state index is 0.570. The molecule has 1 saturated carbocycles. The molecule has 0 atom stereocenters. The molecule has 1 aliphatic rings. The smallest absolute Gasteiger partial charge is 0.133 e. The van der Waals surface area contributed by atoms with Crippen molar-refractivity contribution in [3.8, 4) is 11.3 Å². The number of nitrogens with one attached hydrogen (secondary N) is 1. The summed E-state index contributed by atoms with van der Waals surface area (Å²) in [7, 11) is 0. The van der Waals surface area contributed by atoms with E-state index in [1.54, 1.807) is 0 Å². The molecule has 0 saturated heterocycles. The molecule has 2 nitrogen and oxygen atoms in total. The summed E-state index contributed by atoms with van der Waals surface area (Å²) in [5, 5.41) is 2.50. The predicted molar refractivity (Wildman–Crippen MR) is 89.1 cm³/mol. The lowest BCUT2D eigenvalue weighted by Crippen LogP contribution is -1.99. The van der Waals surface area contributed by atoms with Gasteiger partial charge in [0.05, 0.1) is 5.69 Å². The second-order valence-electron chi connectivity index (χ2n) is 5.73. The van der Waals surface area contributed by atoms with E-state index in [4.69, 9.17) is 12.2 Å². The SMILES string of the molecule is Cc1c(-c2cccc3ccccc23)[nH]c(C2CC2)nc1=S. The molecular formula is C18H16N2S. The molecule has 3 heteroatoms. The number of fused-ring (bicyclic) bond motifs is 1. The van der Waals surface area contributed by atoms with Gasteiger partial charge in [0.25, 0.3) is 0 Å². The third kappa shape index (κ3) is 2.18. The summed E-state index contributed by atoms with van der Waals surface area (Å²) in [6.07, 6.45) is 2.44. The number of rotatable bonds is 2. The largest absolute Gasteiger partial charge is 0.343 e. The van der Waals surface area contributed by atoms with E-state index in [2.05, 4.69) is 59.4 Å². The van der Waals surface area contributed by atoms with Gasteiger partial charge in [0.1, 0.15) is 10.5 Å². The van der Waals surface area contributed by atoms with Crippen LogP contribution < -0.4 is 0 Å². The second-order valence-corrected chi connectivity index (χ2v) is 6.11. The van der Waals surface area contributed by atoms with E-state index in [0.717, 1.165) is 21.7 Å². The molecule has 3 aromatic rings. The van der Waals surface area contributed by atoms with Crippen LogP contribution in [0.1, 0.15) is 30.1 Å². The van der Waals surface area contributed by atoms with Gasteiger partial charge in [0.2, 0.25) is 0 Å². The van der Waals surface area contributed by atoms with Crippen molar-refractivity contribution >= 4 is 23.0 Å². The average Bonchev–Trinajstić information content (AvgIpc) is 3.34. The summed E-state index contributed by atoms with van der Waals surface area (Å²) in [4.78, 5) is 8.11. The van der Waals surface area contributed by atoms with Crippen LogP contribution in [0.2, 0.25) is 0 Å². The van der Waals surface area contributed by atoms with Crippen LogP contribution in [0.4, 0.5) is 0 Å². The van der Waals surface area contributed by atoms with Crippen LogP contribution in [0, 0.1) is 11.6 Å². The van der Waals surface area contributed by atoms with E-state index in [1.165, 1.54) is 29.2 Å². The average molecular weight is 292 g/mol. The maximum atomic E-state index is 5.47. The normalized spacial score (nSPS) is 14.5. The summed E-state index contributed by atoms with van der Waals surface area (Å²) < 4.78 is 0.721. The van der Waals surface area contributed by atoms with Gasteiger partial charge in [-0.3, -0.25) is 0 Å². The highest BCUT2D eigenvalue weighted by Crippen LogP contribution is 2.39. The van der Waals surface area contributed by atoms with Crippen LogP contribution in [0.25, 0.3) is 22.0 Å². The van der Waals surface area contributed by atoms with Crippen LogP contribution in [-0.2, 0) is 0 Å². The zero-order valence-electron chi connectivity index (χ0n) is 11.9. The van der Waals surface area contributed by atoms with Gasteiger partial charge in [-0.25, -0.2) is 4.98 Å². The van der Waals surface area contributed by atoms with Crippen molar-refractivity contribution in [1.82, 2.24) is 9.97 Å². The summed E-state index contributed by atoms with van der Waals surface area (Å²) in [6, 6.07) is 14.9. The van der Waals surface area contributed by atoms with E-state index in [1.807, 2.05) is 0 Å². The van der Waals surface area contributed by atoms with Gasteiger partial charge in [0, 0.05) is 17.0 Å². The van der Waals surface area contributed by atoms with E-state index < -0.39 is 0 Å². The van der Waals surface area contributed by atoms with Crippen molar-refractivity contribution in [3.63, 3.8) is 0 Å². The lowest BCUT2D eigenvalue weighted by Gasteiger charge is -2.12. The number of H-pyrrole nitrogens is 1. The first-order chi connectivity index (χ1) is 10.2. The minimum absolute atomic E-state index is 0.570. The molecule has 0 radical (unpaired) electrons. The first-order valence-corrected chi connectivity index (χ1v) is 7.74. The Morgan fingerprint density at radius 2 is 1.86 bits per heavy atom. The van der Waals surface area contributed by atoms with Crippen LogP contribution in [0.5, 0.6) is 0 Å². The lowest BCUT2D eigenvalue weighted by molar-refractivity contribution is 0.915. The van der Waals surface area contributed by atoms with Crippen LogP contribution in [-0.4, -0.2) is 9.97 Å². The fourth-order valence-electron chi connectivity index (χ4n) is 2.81. The van der Waals surface area contributed by atoms with Crippen LogP contribution in [0.15, 0.2) is 42.5 Å². The molecule has 104 valence electrons. The maximum Gasteiger partial charge on any atom is 0.133 e. The third-order valence-electron chi connectivity index (χ3n) is 4.19. The number of hydrogen-bond acceptors (Lipinski definition) is 2. The minimum Gasteiger partial charge on any atom is -0.343 e. The fraction of sp³-hybridized carbons (Fsp3) is 0.222. The molecule has 1 fully saturated rings. The van der Waals surface area contributed by atoms with E-state index in [9.17, 15) is 0 Å². The number of hydrogen-bond donors (Lipinski definition) is 1. The third-order valence-corrected chi connectivity index (χ3v) is 4.59. The number of aromatic amines is 1. The summed E-state index contributed by atoms with van der Waals surface area (Å²) in [5.41, 5.74) is 3.39. The van der Waals surface area contributed by atoms with Crippen molar-refractivity contribution in [2.45, 2.75) is 25.7 Å². The number of aromatic nitrogens is 2. The van der Waals surface area contributed by atoms with Crippen molar-refractivity contribution in [3.05, 3.63) is 58.5 Å². The molecule has 0 aliphatic heterocycles. The summed E-state index contributed by atoms with van der Waals surface area (Å²) >= 11 is 5.47. The molecule has 0 spiro atoms. The van der Waals surface area contributed by atoms with Crippen molar-refractivity contribution in [2.24, 2.45) is 0 Å². The van der Waals surface area contributed by atoms with Crippen LogP contribution in [0.3, 0.4) is 0 Å². The van der Waals surface area contributed by atoms with Gasteiger partial charge in [0.15, 0.2) is 0 Å². The molecule has 0 amide bonds. The molecule has 1 aliphatic carbocycles. The Morgan fingerprint density at radius 1 is 1.10 bits per heavy atom. The topological polar surface area (TPSA) is 28.7 Å². The molecule has 1 aromatic heterocycles. The van der Waals surface area contributed by atoms with Gasteiger partial charge < -0.3 is 4.98 Å². The van der Waals surface area contributed by atoms with Crippen LogP contribution >= 0.6 is 12.2 Å². The molecule has 2 aromatic carbocycles. The van der Waals surface area contributed by atoms with Crippen molar-refractivity contribution in [1.29, 1.82) is 0 Å². The zero-order chi connectivity index (χ0) is 14.4. The molecule has 1 heterocycles. The summed E-state index contributed by atoms with van der Waals surface area (Å²) in [6.45, 7) is 2.06. The Hall–Kier alpha value is -2.00. The Balaban J connectivity index is 2.02. The second kappa shape index (κ2) is 4.78. The van der Waals surface area contributed by atoms with Crippen molar-refractivity contribution in [2.75, 3.05) is 0 Å². The van der Waals surface area contributed by atoms with Gasteiger partial charge in [-0.2, -0.15) is 0 Å². The molecule has 1 N–H and O–H groups in total. The van der Waals surface area contributed by atoms with E-state index in [-0.39, 0.29) is 0 Å². The Morgan fingerprint density at radius 3 is 2.67 bits per heavy atom. The molecule has 0 unspecified atom stereocenters. The van der Waals surface area contributed by atoms with Crippen molar-refractivity contribution < 1.29 is 0 Å². The van der Waals surface area contributed by atoms with Gasteiger partial charge in [-0.1, -0.05) is 54.7 Å².